The molecule has 3 aliphatic rings. The van der Waals surface area contributed by atoms with E-state index in [1.54, 1.807) is 0 Å². The molecule has 3 atom stereocenters. The number of alkyl carbamates (subject to hydrolysis) is 1. The molecule has 8 rings (SSSR count). The number of hydrogen-bond acceptors (Lipinski definition) is 7. The number of H-pyrrole nitrogens is 2. The van der Waals surface area contributed by atoms with Gasteiger partial charge in [-0.3, -0.25) is 9.59 Å². The van der Waals surface area contributed by atoms with E-state index in [9.17, 15) is 14.4 Å². The molecule has 0 saturated carbocycles. The third kappa shape index (κ3) is 7.17. The van der Waals surface area contributed by atoms with Gasteiger partial charge < -0.3 is 34.6 Å². The van der Waals surface area contributed by atoms with E-state index in [0.717, 1.165) is 106 Å². The lowest BCUT2D eigenvalue weighted by Gasteiger charge is -2.29. The fraction of sp³-hybridized carbons (Fsp3) is 0.419. The molecule has 0 radical (unpaired) electrons. The van der Waals surface area contributed by atoms with Gasteiger partial charge in [0.1, 0.15) is 29.2 Å². The molecular formula is C43H49N7O5. The standard InChI is InChI=1S/C43H49N7O5/c1-24(2)18-38(51)49-16-6-8-34(49)40-44-23-33(47-40)28-12-15-37-30(20-28)21-29-19-26(11-14-36(29)55-37)27-10-13-31-32(22-27)46-41(45-31)35-9-7-17-50(35)42(52)39(25(3)4)48-43(53)54-5/h10-15,19-20,22-25,34-35,39H,6-9,16-18,21H2,1-5H3,(H,44,47)(H,45,46)(H,48,53). The van der Waals surface area contributed by atoms with E-state index >= 15 is 0 Å². The number of benzene rings is 3. The highest BCUT2D eigenvalue weighted by Gasteiger charge is 2.38. The van der Waals surface area contributed by atoms with Gasteiger partial charge >= 0.3 is 6.09 Å². The van der Waals surface area contributed by atoms with Gasteiger partial charge in [0.15, 0.2) is 0 Å². The lowest BCUT2D eigenvalue weighted by atomic mass is 9.94. The molecule has 2 saturated heterocycles. The molecule has 3 aliphatic heterocycles. The zero-order valence-corrected chi connectivity index (χ0v) is 32.1. The number of amides is 3. The lowest BCUT2D eigenvalue weighted by Crippen LogP contribution is -2.51. The number of nitrogens with zero attached hydrogens (tertiary/aromatic N) is 4. The van der Waals surface area contributed by atoms with Gasteiger partial charge in [0, 0.05) is 31.5 Å². The van der Waals surface area contributed by atoms with Crippen molar-refractivity contribution < 1.29 is 23.9 Å². The highest BCUT2D eigenvalue weighted by Crippen LogP contribution is 2.41. The third-order valence-corrected chi connectivity index (χ3v) is 11.2. The van der Waals surface area contributed by atoms with Crippen LogP contribution in [0.5, 0.6) is 11.5 Å². The van der Waals surface area contributed by atoms with E-state index in [0.29, 0.717) is 18.9 Å². The number of likely N-dealkylation sites (tertiary alicyclic amines) is 2. The first kappa shape index (κ1) is 36.3. The molecule has 5 aromatic rings. The average molecular weight is 744 g/mol. The van der Waals surface area contributed by atoms with Crippen molar-refractivity contribution in [3.8, 4) is 33.9 Å². The first-order valence-electron chi connectivity index (χ1n) is 19.5. The van der Waals surface area contributed by atoms with Crippen molar-refractivity contribution >= 4 is 28.9 Å². The van der Waals surface area contributed by atoms with Crippen molar-refractivity contribution in [2.24, 2.45) is 11.8 Å². The maximum Gasteiger partial charge on any atom is 0.407 e. The van der Waals surface area contributed by atoms with Gasteiger partial charge in [0.25, 0.3) is 0 Å². The summed E-state index contributed by atoms with van der Waals surface area (Å²) in [6.07, 6.45) is 6.07. The normalized spacial score (nSPS) is 18.4. The van der Waals surface area contributed by atoms with E-state index in [1.165, 1.54) is 7.11 Å². The number of aromatic nitrogens is 4. The van der Waals surface area contributed by atoms with Crippen LogP contribution < -0.4 is 10.1 Å². The molecule has 0 aliphatic carbocycles. The molecule has 3 amide bonds. The molecule has 3 aromatic carbocycles. The average Bonchev–Trinajstić information content (AvgIpc) is 4.00. The molecule has 12 nitrogen and oxygen atoms in total. The quantitative estimate of drug-likeness (QED) is 0.136. The van der Waals surface area contributed by atoms with Crippen LogP contribution in [0.2, 0.25) is 0 Å². The maximum atomic E-state index is 13.7. The molecule has 55 heavy (non-hydrogen) atoms. The summed E-state index contributed by atoms with van der Waals surface area (Å²) in [5.74, 6) is 3.57. The van der Waals surface area contributed by atoms with Gasteiger partial charge in [-0.25, -0.2) is 14.8 Å². The summed E-state index contributed by atoms with van der Waals surface area (Å²) < 4.78 is 11.2. The fourth-order valence-corrected chi connectivity index (χ4v) is 8.33. The predicted molar refractivity (Wildman–Crippen MR) is 209 cm³/mol. The summed E-state index contributed by atoms with van der Waals surface area (Å²) in [7, 11) is 1.30. The Morgan fingerprint density at radius 3 is 2.22 bits per heavy atom. The van der Waals surface area contributed by atoms with Crippen molar-refractivity contribution in [3.63, 3.8) is 0 Å². The molecular weight excluding hydrogens is 695 g/mol. The van der Waals surface area contributed by atoms with Crippen molar-refractivity contribution in [1.29, 1.82) is 0 Å². The number of methoxy groups -OCH3 is 1. The van der Waals surface area contributed by atoms with E-state index in [4.69, 9.17) is 19.4 Å². The van der Waals surface area contributed by atoms with Crippen LogP contribution in [0.1, 0.15) is 94.7 Å². The minimum Gasteiger partial charge on any atom is -0.457 e. The van der Waals surface area contributed by atoms with Gasteiger partial charge in [-0.05, 0) is 102 Å². The first-order chi connectivity index (χ1) is 26.6. The predicted octanol–water partition coefficient (Wildman–Crippen LogP) is 8.07. The molecule has 3 N–H and O–H groups in total. The Morgan fingerprint density at radius 1 is 0.855 bits per heavy atom. The van der Waals surface area contributed by atoms with Crippen LogP contribution in [0.3, 0.4) is 0 Å². The summed E-state index contributed by atoms with van der Waals surface area (Å²) in [6, 6.07) is 17.9. The smallest absolute Gasteiger partial charge is 0.407 e. The topological polar surface area (TPSA) is 146 Å². The summed E-state index contributed by atoms with van der Waals surface area (Å²) in [5, 5.41) is 2.72. The van der Waals surface area contributed by atoms with Crippen molar-refractivity contribution in [3.05, 3.63) is 83.6 Å². The number of imidazole rings is 2. The van der Waals surface area contributed by atoms with Gasteiger partial charge in [-0.15, -0.1) is 0 Å². The zero-order valence-electron chi connectivity index (χ0n) is 32.1. The number of rotatable bonds is 9. The second-order valence-corrected chi connectivity index (χ2v) is 15.9. The van der Waals surface area contributed by atoms with E-state index in [-0.39, 0.29) is 29.8 Å². The van der Waals surface area contributed by atoms with Crippen molar-refractivity contribution in [1.82, 2.24) is 35.1 Å². The minimum atomic E-state index is -0.686. The largest absolute Gasteiger partial charge is 0.457 e. The number of ether oxygens (including phenoxy) is 2. The van der Waals surface area contributed by atoms with Gasteiger partial charge in [-0.1, -0.05) is 39.8 Å². The Hall–Kier alpha value is -5.65. The Bertz CT molecular complexity index is 2260. The summed E-state index contributed by atoms with van der Waals surface area (Å²) >= 11 is 0. The maximum absolute atomic E-state index is 13.7. The summed E-state index contributed by atoms with van der Waals surface area (Å²) in [6.45, 7) is 9.36. The fourth-order valence-electron chi connectivity index (χ4n) is 8.33. The number of fused-ring (bicyclic) bond motifs is 3. The second-order valence-electron chi connectivity index (χ2n) is 15.9. The summed E-state index contributed by atoms with van der Waals surface area (Å²) in [4.78, 5) is 59.1. The number of nitrogens with one attached hydrogen (secondary N) is 3. The first-order valence-corrected chi connectivity index (χ1v) is 19.5. The van der Waals surface area contributed by atoms with Crippen LogP contribution in [0.15, 0.2) is 60.8 Å². The number of carbonyl (C=O) groups excluding carboxylic acids is 3. The number of hydrogen-bond donors (Lipinski definition) is 3. The van der Waals surface area contributed by atoms with E-state index < -0.39 is 12.1 Å². The van der Waals surface area contributed by atoms with Crippen LogP contribution in [-0.2, 0) is 20.7 Å². The molecule has 0 spiro atoms. The zero-order chi connectivity index (χ0) is 38.4. The lowest BCUT2D eigenvalue weighted by molar-refractivity contribution is -0.135. The third-order valence-electron chi connectivity index (χ3n) is 11.2. The van der Waals surface area contributed by atoms with Crippen LogP contribution in [-0.4, -0.2) is 73.9 Å². The van der Waals surface area contributed by atoms with E-state index in [1.807, 2.05) is 48.0 Å². The molecule has 5 heterocycles. The van der Waals surface area contributed by atoms with Crippen LogP contribution >= 0.6 is 0 Å². The van der Waals surface area contributed by atoms with E-state index in [2.05, 4.69) is 65.5 Å². The van der Waals surface area contributed by atoms with Crippen molar-refractivity contribution in [2.45, 2.75) is 84.3 Å². The monoisotopic (exact) mass is 743 g/mol. The Morgan fingerprint density at radius 2 is 1.51 bits per heavy atom. The van der Waals surface area contributed by atoms with Crippen molar-refractivity contribution in [2.75, 3.05) is 20.2 Å². The van der Waals surface area contributed by atoms with Gasteiger partial charge in [0.2, 0.25) is 11.8 Å². The molecule has 12 heteroatoms. The highest BCUT2D eigenvalue weighted by molar-refractivity contribution is 5.87. The van der Waals surface area contributed by atoms with Gasteiger partial charge in [-0.2, -0.15) is 0 Å². The number of aromatic amines is 2. The molecule has 2 fully saturated rings. The minimum absolute atomic E-state index is 0.0141. The van der Waals surface area contributed by atoms with Crippen LogP contribution in [0, 0.1) is 11.8 Å². The molecule has 286 valence electrons. The Labute approximate surface area is 321 Å². The Balaban J connectivity index is 0.993. The SMILES string of the molecule is COC(=O)NC(C(=O)N1CCCC1c1nc2ccc(-c3ccc4c(c3)Cc3cc(-c5cnc(C6CCCN6C(=O)CC(C)C)[nH]5)ccc3O4)cc2[nH]1)C(C)C. The van der Waals surface area contributed by atoms with Crippen LogP contribution in [0.4, 0.5) is 4.79 Å². The second kappa shape index (κ2) is 14.9. The Kier molecular flexibility index (Phi) is 9.83. The summed E-state index contributed by atoms with van der Waals surface area (Å²) in [5.41, 5.74) is 7.99. The highest BCUT2D eigenvalue weighted by atomic mass is 16.5. The molecule has 2 aromatic heterocycles. The van der Waals surface area contributed by atoms with Gasteiger partial charge in [0.05, 0.1) is 42.1 Å². The number of carbonyl (C=O) groups is 3. The molecule has 0 bridgehead atoms. The van der Waals surface area contributed by atoms with Crippen LogP contribution in [0.25, 0.3) is 33.4 Å². The molecule has 3 unspecified atom stereocenters.